The lowest BCUT2D eigenvalue weighted by molar-refractivity contribution is 0.0658. The fraction of sp³-hybridized carbons (Fsp3) is 0.167. The summed E-state index contributed by atoms with van der Waals surface area (Å²) in [6, 6.07) is 7.92. The summed E-state index contributed by atoms with van der Waals surface area (Å²) in [6.07, 6.45) is 1.31. The lowest BCUT2D eigenvalue weighted by atomic mass is 10.1. The van der Waals surface area contributed by atoms with E-state index in [1.807, 2.05) is 0 Å². The molecule has 120 valence electrons. The number of methoxy groups -OCH3 is 1. The van der Waals surface area contributed by atoms with Gasteiger partial charge in [0.25, 0.3) is 11.8 Å². The lowest BCUT2D eigenvalue weighted by Crippen LogP contribution is -2.30. The maximum Gasteiger partial charge on any atom is 0.261 e. The van der Waals surface area contributed by atoms with E-state index >= 15 is 0 Å². The quantitative estimate of drug-likeness (QED) is 0.642. The number of fused-ring (bicyclic) bond motifs is 1. The molecule has 5 nitrogen and oxygen atoms in total. The van der Waals surface area contributed by atoms with Crippen molar-refractivity contribution >= 4 is 11.8 Å². The molecular formula is C18H13FN2O3. The normalized spacial score (nSPS) is 12.7. The lowest BCUT2D eigenvalue weighted by Gasteiger charge is -2.11. The Kier molecular flexibility index (Phi) is 4.25. The van der Waals surface area contributed by atoms with E-state index in [1.54, 1.807) is 24.3 Å². The van der Waals surface area contributed by atoms with Gasteiger partial charge in [0, 0.05) is 13.0 Å². The molecule has 2 heterocycles. The first-order chi connectivity index (χ1) is 11.6. The van der Waals surface area contributed by atoms with Crippen molar-refractivity contribution in [1.82, 2.24) is 9.88 Å². The Balaban J connectivity index is 1.70. The second-order valence-electron chi connectivity index (χ2n) is 5.07. The third kappa shape index (κ3) is 2.84. The van der Waals surface area contributed by atoms with E-state index in [4.69, 9.17) is 4.74 Å². The average molecular weight is 324 g/mol. The van der Waals surface area contributed by atoms with E-state index < -0.39 is 5.82 Å². The largest absolute Gasteiger partial charge is 0.480 e. The minimum Gasteiger partial charge on any atom is -0.480 e. The van der Waals surface area contributed by atoms with Crippen LogP contribution in [0.5, 0.6) is 5.88 Å². The number of aromatic nitrogens is 1. The van der Waals surface area contributed by atoms with Crippen LogP contribution in [0.3, 0.4) is 0 Å². The molecule has 3 rings (SSSR count). The van der Waals surface area contributed by atoms with E-state index in [9.17, 15) is 14.0 Å². The van der Waals surface area contributed by atoms with Crippen molar-refractivity contribution in [1.29, 1.82) is 0 Å². The van der Waals surface area contributed by atoms with Crippen LogP contribution in [0.15, 0.2) is 36.5 Å². The van der Waals surface area contributed by atoms with E-state index in [0.717, 1.165) is 6.20 Å². The summed E-state index contributed by atoms with van der Waals surface area (Å²) in [4.78, 5) is 29.3. The van der Waals surface area contributed by atoms with Crippen LogP contribution in [0, 0.1) is 17.7 Å². The predicted molar refractivity (Wildman–Crippen MR) is 84.1 cm³/mol. The number of nitrogens with zero attached hydrogens (tertiary/aromatic N) is 2. The van der Waals surface area contributed by atoms with Crippen molar-refractivity contribution in [3.05, 3.63) is 59.0 Å². The number of hydrogen-bond acceptors (Lipinski definition) is 4. The van der Waals surface area contributed by atoms with Crippen LogP contribution in [-0.4, -0.2) is 35.4 Å². The third-order valence-electron chi connectivity index (χ3n) is 3.57. The number of halogens is 1. The van der Waals surface area contributed by atoms with Crippen molar-refractivity contribution in [3.63, 3.8) is 0 Å². The number of amides is 2. The van der Waals surface area contributed by atoms with Crippen LogP contribution in [0.25, 0.3) is 0 Å². The van der Waals surface area contributed by atoms with Gasteiger partial charge in [0.15, 0.2) is 0 Å². The summed E-state index contributed by atoms with van der Waals surface area (Å²) in [5.74, 6) is 4.65. The molecule has 0 N–H and O–H groups in total. The van der Waals surface area contributed by atoms with Gasteiger partial charge in [0.05, 0.1) is 30.0 Å². The minimum absolute atomic E-state index is 0.171. The smallest absolute Gasteiger partial charge is 0.261 e. The summed E-state index contributed by atoms with van der Waals surface area (Å²) in [6.45, 7) is 0.171. The van der Waals surface area contributed by atoms with Gasteiger partial charge in [0.2, 0.25) is 5.88 Å². The molecular weight excluding hydrogens is 311 g/mol. The summed E-state index contributed by atoms with van der Waals surface area (Å²) in [5, 5.41) is 0. The highest BCUT2D eigenvalue weighted by Gasteiger charge is 2.34. The predicted octanol–water partition coefficient (Wildman–Crippen LogP) is 2.27. The van der Waals surface area contributed by atoms with Crippen molar-refractivity contribution in [3.8, 4) is 17.7 Å². The van der Waals surface area contributed by atoms with Gasteiger partial charge < -0.3 is 4.74 Å². The Morgan fingerprint density at radius 2 is 1.88 bits per heavy atom. The second kappa shape index (κ2) is 6.50. The molecule has 0 radical (unpaired) electrons. The number of pyridine rings is 1. The number of carbonyl (C=O) groups excluding carboxylic acids is 2. The molecule has 0 saturated heterocycles. The molecule has 1 aromatic carbocycles. The molecule has 0 saturated carbocycles. The van der Waals surface area contributed by atoms with Crippen LogP contribution in [0.1, 0.15) is 32.7 Å². The Bertz CT molecular complexity index is 848. The van der Waals surface area contributed by atoms with Gasteiger partial charge >= 0.3 is 0 Å². The summed E-state index contributed by atoms with van der Waals surface area (Å²) in [7, 11) is 1.42. The summed E-state index contributed by atoms with van der Waals surface area (Å²) < 4.78 is 18.2. The number of hydrogen-bond donors (Lipinski definition) is 0. The molecule has 2 amide bonds. The first kappa shape index (κ1) is 15.7. The standard InChI is InChI=1S/C18H13FN2O3/c1-24-16-12(10-13(19)11-20-16)6-4-5-9-21-17(22)14-7-2-3-8-15(14)18(21)23/h2-3,7-8,10-11H,5,9H2,1H3. The molecule has 2 aromatic rings. The van der Waals surface area contributed by atoms with Crippen molar-refractivity contribution in [2.24, 2.45) is 0 Å². The zero-order valence-electron chi connectivity index (χ0n) is 12.9. The van der Waals surface area contributed by atoms with E-state index in [-0.39, 0.29) is 30.7 Å². The van der Waals surface area contributed by atoms with Gasteiger partial charge in [-0.25, -0.2) is 9.37 Å². The zero-order chi connectivity index (χ0) is 17.1. The van der Waals surface area contributed by atoms with E-state index in [2.05, 4.69) is 16.8 Å². The highest BCUT2D eigenvalue weighted by Crippen LogP contribution is 2.22. The van der Waals surface area contributed by atoms with E-state index in [0.29, 0.717) is 16.7 Å². The molecule has 0 aliphatic carbocycles. The topological polar surface area (TPSA) is 59.5 Å². The van der Waals surface area contributed by atoms with Crippen LogP contribution < -0.4 is 4.74 Å². The van der Waals surface area contributed by atoms with Crippen molar-refractivity contribution in [2.75, 3.05) is 13.7 Å². The molecule has 0 bridgehead atoms. The van der Waals surface area contributed by atoms with E-state index in [1.165, 1.54) is 18.1 Å². The number of imide groups is 1. The third-order valence-corrected chi connectivity index (χ3v) is 3.57. The molecule has 0 atom stereocenters. The van der Waals surface area contributed by atoms with Gasteiger partial charge in [-0.1, -0.05) is 24.0 Å². The first-order valence-electron chi connectivity index (χ1n) is 7.25. The first-order valence-corrected chi connectivity index (χ1v) is 7.25. The van der Waals surface area contributed by atoms with Crippen molar-refractivity contribution < 1.29 is 18.7 Å². The Hall–Kier alpha value is -3.20. The van der Waals surface area contributed by atoms with Crippen LogP contribution in [-0.2, 0) is 0 Å². The van der Waals surface area contributed by atoms with Crippen molar-refractivity contribution in [2.45, 2.75) is 6.42 Å². The number of ether oxygens (including phenoxy) is 1. The highest BCUT2D eigenvalue weighted by molar-refractivity contribution is 6.21. The van der Waals surface area contributed by atoms with Gasteiger partial charge in [-0.3, -0.25) is 14.5 Å². The Morgan fingerprint density at radius 3 is 2.50 bits per heavy atom. The van der Waals surface area contributed by atoms with Gasteiger partial charge in [-0.15, -0.1) is 0 Å². The Labute approximate surface area is 138 Å². The number of benzene rings is 1. The molecule has 1 aliphatic rings. The van der Waals surface area contributed by atoms with Crippen LogP contribution in [0.2, 0.25) is 0 Å². The zero-order valence-corrected chi connectivity index (χ0v) is 12.9. The summed E-state index contributed by atoms with van der Waals surface area (Å²) in [5.41, 5.74) is 1.14. The van der Waals surface area contributed by atoms with Crippen LogP contribution >= 0.6 is 0 Å². The van der Waals surface area contributed by atoms with Gasteiger partial charge in [0.1, 0.15) is 5.82 Å². The minimum atomic E-state index is -0.513. The molecule has 0 spiro atoms. The summed E-state index contributed by atoms with van der Waals surface area (Å²) >= 11 is 0. The maximum absolute atomic E-state index is 13.2. The molecule has 1 aromatic heterocycles. The van der Waals surface area contributed by atoms with Crippen LogP contribution in [0.4, 0.5) is 4.39 Å². The monoisotopic (exact) mass is 324 g/mol. The Morgan fingerprint density at radius 1 is 1.21 bits per heavy atom. The maximum atomic E-state index is 13.2. The SMILES string of the molecule is COc1ncc(F)cc1C#CCCN1C(=O)c2ccccc2C1=O. The average Bonchev–Trinajstić information content (AvgIpc) is 2.84. The molecule has 6 heteroatoms. The molecule has 0 fully saturated rings. The van der Waals surface area contributed by atoms with Gasteiger partial charge in [-0.2, -0.15) is 0 Å². The fourth-order valence-electron chi connectivity index (χ4n) is 2.45. The highest BCUT2D eigenvalue weighted by atomic mass is 19.1. The molecule has 1 aliphatic heterocycles. The fourth-order valence-corrected chi connectivity index (χ4v) is 2.45. The molecule has 0 unspecified atom stereocenters. The molecule has 24 heavy (non-hydrogen) atoms. The number of rotatable bonds is 3. The number of carbonyl (C=O) groups is 2. The second-order valence-corrected chi connectivity index (χ2v) is 5.07. The van der Waals surface area contributed by atoms with Gasteiger partial charge in [-0.05, 0) is 18.2 Å².